The zero-order valence-corrected chi connectivity index (χ0v) is 12.3. The smallest absolute Gasteiger partial charge is 0.256 e. The average Bonchev–Trinajstić information content (AvgIpc) is 2.92. The topological polar surface area (TPSA) is 35.6 Å². The Labute approximate surface area is 120 Å². The predicted octanol–water partition coefficient (Wildman–Crippen LogP) is 2.04. The van der Waals surface area contributed by atoms with Crippen molar-refractivity contribution in [2.24, 2.45) is 0 Å². The molecule has 1 N–H and O–H groups in total. The number of nitrogens with zero attached hydrogens (tertiary/aromatic N) is 2. The molecule has 0 radical (unpaired) electrons. The lowest BCUT2D eigenvalue weighted by Gasteiger charge is -2.42. The Balaban J connectivity index is 1.82. The summed E-state index contributed by atoms with van der Waals surface area (Å²) in [6.07, 6.45) is 2.50. The molecular weight excluding hydrogens is 250 g/mol. The number of hydrogen-bond donors (Lipinski definition) is 1. The van der Waals surface area contributed by atoms with Gasteiger partial charge in [0.1, 0.15) is 0 Å². The third-order valence-corrected chi connectivity index (χ3v) is 4.62. The zero-order chi connectivity index (χ0) is 14.1. The lowest BCUT2D eigenvalue weighted by molar-refractivity contribution is 0.0396. The van der Waals surface area contributed by atoms with Crippen molar-refractivity contribution in [1.29, 1.82) is 0 Å². The minimum atomic E-state index is 0.161. The molecular formula is C16H23N3O. The standard InChI is InChI=1S/C16H23N3O/c1-12-10-18-9-5-6-13(18)11-19(12)16(20)14-7-3-4-8-15(14)17-2/h3-4,7-8,12-13,17H,5-6,9-11H2,1-2H3. The number of para-hydroxylation sites is 1. The highest BCUT2D eigenvalue weighted by Crippen LogP contribution is 2.27. The van der Waals surface area contributed by atoms with Crippen LogP contribution >= 0.6 is 0 Å². The van der Waals surface area contributed by atoms with Gasteiger partial charge in [0.25, 0.3) is 5.91 Å². The van der Waals surface area contributed by atoms with Gasteiger partial charge >= 0.3 is 0 Å². The fraction of sp³-hybridized carbons (Fsp3) is 0.562. The molecule has 1 aromatic carbocycles. The molecule has 0 spiro atoms. The van der Waals surface area contributed by atoms with Gasteiger partial charge in [-0.1, -0.05) is 12.1 Å². The second-order valence-corrected chi connectivity index (χ2v) is 5.89. The van der Waals surface area contributed by atoms with Crippen LogP contribution < -0.4 is 5.32 Å². The van der Waals surface area contributed by atoms with Crippen molar-refractivity contribution >= 4 is 11.6 Å². The largest absolute Gasteiger partial charge is 0.387 e. The Hall–Kier alpha value is -1.55. The van der Waals surface area contributed by atoms with Gasteiger partial charge in [-0.3, -0.25) is 9.69 Å². The van der Waals surface area contributed by atoms with E-state index in [1.807, 2.05) is 31.3 Å². The number of rotatable bonds is 2. The molecule has 4 heteroatoms. The number of benzene rings is 1. The van der Waals surface area contributed by atoms with Crippen LogP contribution in [0.25, 0.3) is 0 Å². The minimum Gasteiger partial charge on any atom is -0.387 e. The number of fused-ring (bicyclic) bond motifs is 1. The molecule has 2 atom stereocenters. The van der Waals surface area contributed by atoms with Crippen LogP contribution in [0.3, 0.4) is 0 Å². The Kier molecular flexibility index (Phi) is 3.66. The van der Waals surface area contributed by atoms with Crippen molar-refractivity contribution in [1.82, 2.24) is 9.80 Å². The van der Waals surface area contributed by atoms with Crippen molar-refractivity contribution in [3.63, 3.8) is 0 Å². The fourth-order valence-electron chi connectivity index (χ4n) is 3.51. The van der Waals surface area contributed by atoms with E-state index in [9.17, 15) is 4.79 Å². The molecule has 2 fully saturated rings. The molecule has 1 amide bonds. The van der Waals surface area contributed by atoms with Gasteiger partial charge in [-0.25, -0.2) is 0 Å². The summed E-state index contributed by atoms with van der Waals surface area (Å²) in [4.78, 5) is 17.4. The van der Waals surface area contributed by atoms with Gasteiger partial charge in [0, 0.05) is 37.9 Å². The van der Waals surface area contributed by atoms with Gasteiger partial charge in [0.15, 0.2) is 0 Å². The van der Waals surface area contributed by atoms with Crippen molar-refractivity contribution in [2.45, 2.75) is 31.8 Å². The van der Waals surface area contributed by atoms with Gasteiger partial charge in [0.05, 0.1) is 5.56 Å². The maximum Gasteiger partial charge on any atom is 0.256 e. The van der Waals surface area contributed by atoms with Crippen LogP contribution in [-0.4, -0.2) is 54.5 Å². The summed E-state index contributed by atoms with van der Waals surface area (Å²) >= 11 is 0. The fourth-order valence-corrected chi connectivity index (χ4v) is 3.51. The van der Waals surface area contributed by atoms with Gasteiger partial charge in [-0.15, -0.1) is 0 Å². The summed E-state index contributed by atoms with van der Waals surface area (Å²) in [6.45, 7) is 5.24. The van der Waals surface area contributed by atoms with Crippen LogP contribution in [-0.2, 0) is 0 Å². The molecule has 0 bridgehead atoms. The molecule has 2 unspecified atom stereocenters. The van der Waals surface area contributed by atoms with E-state index >= 15 is 0 Å². The molecule has 2 saturated heterocycles. The number of anilines is 1. The second-order valence-electron chi connectivity index (χ2n) is 5.89. The second kappa shape index (κ2) is 5.44. The number of amides is 1. The molecule has 3 rings (SSSR count). The van der Waals surface area contributed by atoms with Crippen LogP contribution in [0.4, 0.5) is 5.69 Å². The van der Waals surface area contributed by atoms with Crippen LogP contribution in [0.1, 0.15) is 30.1 Å². The first-order valence-electron chi connectivity index (χ1n) is 7.52. The zero-order valence-electron chi connectivity index (χ0n) is 12.3. The van der Waals surface area contributed by atoms with Gasteiger partial charge in [-0.05, 0) is 38.4 Å². The highest BCUT2D eigenvalue weighted by atomic mass is 16.2. The first-order valence-corrected chi connectivity index (χ1v) is 7.52. The van der Waals surface area contributed by atoms with Gasteiger partial charge < -0.3 is 10.2 Å². The van der Waals surface area contributed by atoms with E-state index in [-0.39, 0.29) is 5.91 Å². The molecule has 108 valence electrons. The molecule has 2 heterocycles. The van der Waals surface area contributed by atoms with Crippen molar-refractivity contribution in [3.05, 3.63) is 29.8 Å². The number of hydrogen-bond acceptors (Lipinski definition) is 3. The molecule has 20 heavy (non-hydrogen) atoms. The van der Waals surface area contributed by atoms with E-state index in [1.165, 1.54) is 19.4 Å². The number of carbonyl (C=O) groups is 1. The van der Waals surface area contributed by atoms with Crippen molar-refractivity contribution in [2.75, 3.05) is 32.0 Å². The lowest BCUT2D eigenvalue weighted by atomic mass is 10.0. The Bertz CT molecular complexity index is 502. The summed E-state index contributed by atoms with van der Waals surface area (Å²) in [5.41, 5.74) is 1.70. The van der Waals surface area contributed by atoms with Crippen LogP contribution in [0.5, 0.6) is 0 Å². The first-order chi connectivity index (χ1) is 9.70. The highest BCUT2D eigenvalue weighted by molar-refractivity contribution is 5.99. The van der Waals surface area contributed by atoms with E-state index in [0.717, 1.165) is 24.3 Å². The van der Waals surface area contributed by atoms with Crippen LogP contribution in [0.2, 0.25) is 0 Å². The van der Waals surface area contributed by atoms with Crippen molar-refractivity contribution < 1.29 is 4.79 Å². The Morgan fingerprint density at radius 2 is 2.10 bits per heavy atom. The maximum absolute atomic E-state index is 12.8. The molecule has 0 aromatic heterocycles. The molecule has 2 aliphatic rings. The van der Waals surface area contributed by atoms with Gasteiger partial charge in [0.2, 0.25) is 0 Å². The molecule has 1 aromatic rings. The number of carbonyl (C=O) groups excluding carboxylic acids is 1. The highest BCUT2D eigenvalue weighted by Gasteiger charge is 2.37. The maximum atomic E-state index is 12.8. The number of piperazine rings is 1. The SMILES string of the molecule is CNc1ccccc1C(=O)N1CC2CCCN2CC1C. The Morgan fingerprint density at radius 1 is 1.30 bits per heavy atom. The minimum absolute atomic E-state index is 0.161. The molecule has 0 saturated carbocycles. The normalized spacial score (nSPS) is 26.4. The van der Waals surface area contributed by atoms with E-state index in [1.54, 1.807) is 0 Å². The summed E-state index contributed by atoms with van der Waals surface area (Å²) in [7, 11) is 1.87. The van der Waals surface area contributed by atoms with E-state index in [4.69, 9.17) is 0 Å². The summed E-state index contributed by atoms with van der Waals surface area (Å²) < 4.78 is 0. The summed E-state index contributed by atoms with van der Waals surface area (Å²) in [5, 5.41) is 3.12. The number of nitrogens with one attached hydrogen (secondary N) is 1. The van der Waals surface area contributed by atoms with Crippen molar-refractivity contribution in [3.8, 4) is 0 Å². The van der Waals surface area contributed by atoms with Crippen LogP contribution in [0.15, 0.2) is 24.3 Å². The Morgan fingerprint density at radius 3 is 2.90 bits per heavy atom. The predicted molar refractivity (Wildman–Crippen MR) is 81.1 cm³/mol. The van der Waals surface area contributed by atoms with E-state index < -0.39 is 0 Å². The molecule has 2 aliphatic heterocycles. The van der Waals surface area contributed by atoms with Gasteiger partial charge in [-0.2, -0.15) is 0 Å². The summed E-state index contributed by atoms with van der Waals surface area (Å²) in [6, 6.07) is 8.63. The van der Waals surface area contributed by atoms with E-state index in [2.05, 4.69) is 22.0 Å². The lowest BCUT2D eigenvalue weighted by Crippen LogP contribution is -2.56. The first kappa shape index (κ1) is 13.4. The molecule has 4 nitrogen and oxygen atoms in total. The summed E-state index contributed by atoms with van der Waals surface area (Å²) in [5.74, 6) is 0.161. The molecule has 0 aliphatic carbocycles. The third kappa shape index (κ3) is 2.29. The quantitative estimate of drug-likeness (QED) is 0.895. The van der Waals surface area contributed by atoms with Crippen LogP contribution in [0, 0.1) is 0 Å². The average molecular weight is 273 g/mol. The van der Waals surface area contributed by atoms with E-state index in [0.29, 0.717) is 12.1 Å². The monoisotopic (exact) mass is 273 g/mol. The third-order valence-electron chi connectivity index (χ3n) is 4.62.